The van der Waals surface area contributed by atoms with Gasteiger partial charge in [0.1, 0.15) is 0 Å². The normalized spacial score (nSPS) is 11.6. The molecule has 0 heterocycles. The Kier molecular flexibility index (Phi) is 5.06. The minimum atomic E-state index is -0.00103. The lowest BCUT2D eigenvalue weighted by molar-refractivity contribution is 0.302. The molecule has 17 heavy (non-hydrogen) atoms. The molecule has 0 amide bonds. The molecule has 0 bridgehead atoms. The minimum Gasteiger partial charge on any atom is -0.409 e. The molecule has 0 aliphatic carbocycles. The van der Waals surface area contributed by atoms with Crippen LogP contribution in [-0.4, -0.2) is 35.8 Å². The van der Waals surface area contributed by atoms with Gasteiger partial charge < -0.3 is 20.9 Å². The fraction of sp³-hybridized carbons (Fsp3) is 0.364. The Balaban J connectivity index is 3.21. The molecule has 5 nitrogen and oxygen atoms in total. The molecule has 1 aromatic rings. The number of aliphatic hydroxyl groups excluding tert-OH is 1. The Morgan fingerprint density at radius 2 is 2.24 bits per heavy atom. The number of nitrogens with two attached hydrogens (primary N) is 1. The lowest BCUT2D eigenvalue weighted by Crippen LogP contribution is -2.29. The summed E-state index contributed by atoms with van der Waals surface area (Å²) in [5.74, 6) is -0.00103. The number of amidine groups is 1. The molecule has 0 radical (unpaired) electrons. The maximum Gasteiger partial charge on any atom is 0.172 e. The molecular formula is C11H16ClN3O2. The Hall–Kier alpha value is -1.46. The second-order valence-electron chi connectivity index (χ2n) is 3.45. The van der Waals surface area contributed by atoms with E-state index < -0.39 is 0 Å². The number of likely N-dealkylation sites (N-methyl/N-ethyl adjacent to an activating group) is 1. The van der Waals surface area contributed by atoms with Gasteiger partial charge in [-0.15, -0.1) is 0 Å². The zero-order valence-electron chi connectivity index (χ0n) is 9.60. The third kappa shape index (κ3) is 3.25. The second kappa shape index (κ2) is 6.32. The van der Waals surface area contributed by atoms with Gasteiger partial charge in [0.25, 0.3) is 0 Å². The first-order valence-electron chi connectivity index (χ1n) is 5.27. The smallest absolute Gasteiger partial charge is 0.172 e. The summed E-state index contributed by atoms with van der Waals surface area (Å²) in [7, 11) is 0. The van der Waals surface area contributed by atoms with Gasteiger partial charge in [-0.05, 0) is 25.1 Å². The maximum atomic E-state index is 8.99. The van der Waals surface area contributed by atoms with E-state index in [0.717, 1.165) is 5.69 Å². The van der Waals surface area contributed by atoms with Gasteiger partial charge in [0, 0.05) is 29.4 Å². The van der Waals surface area contributed by atoms with E-state index in [0.29, 0.717) is 23.7 Å². The maximum absolute atomic E-state index is 8.99. The topological polar surface area (TPSA) is 82.1 Å². The number of nitrogens with zero attached hydrogens (tertiary/aromatic N) is 2. The number of oxime groups is 1. The largest absolute Gasteiger partial charge is 0.409 e. The van der Waals surface area contributed by atoms with E-state index in [2.05, 4.69) is 5.16 Å². The molecule has 0 aromatic heterocycles. The number of halogens is 1. The van der Waals surface area contributed by atoms with Crippen molar-refractivity contribution in [2.24, 2.45) is 10.9 Å². The van der Waals surface area contributed by atoms with Crippen molar-refractivity contribution in [2.45, 2.75) is 6.92 Å². The molecule has 6 heteroatoms. The first-order valence-corrected chi connectivity index (χ1v) is 5.65. The van der Waals surface area contributed by atoms with Gasteiger partial charge >= 0.3 is 0 Å². The quantitative estimate of drug-likeness (QED) is 0.321. The van der Waals surface area contributed by atoms with Crippen molar-refractivity contribution in [1.29, 1.82) is 0 Å². The number of aliphatic hydroxyl groups is 1. The first-order chi connectivity index (χ1) is 8.13. The fourth-order valence-corrected chi connectivity index (χ4v) is 1.78. The molecule has 0 fully saturated rings. The van der Waals surface area contributed by atoms with E-state index in [1.807, 2.05) is 11.8 Å². The number of hydrogen-bond donors (Lipinski definition) is 3. The SMILES string of the molecule is CCN(CCO)c1ccc(Cl)cc1C(N)=NO. The Morgan fingerprint density at radius 1 is 1.53 bits per heavy atom. The van der Waals surface area contributed by atoms with Gasteiger partial charge in [-0.1, -0.05) is 16.8 Å². The van der Waals surface area contributed by atoms with E-state index in [1.165, 1.54) is 0 Å². The van der Waals surface area contributed by atoms with Crippen LogP contribution in [0.5, 0.6) is 0 Å². The molecule has 1 rings (SSSR count). The van der Waals surface area contributed by atoms with Gasteiger partial charge in [0.2, 0.25) is 0 Å². The van der Waals surface area contributed by atoms with Crippen LogP contribution in [0.3, 0.4) is 0 Å². The summed E-state index contributed by atoms with van der Waals surface area (Å²) in [5.41, 5.74) is 6.93. The fourth-order valence-electron chi connectivity index (χ4n) is 1.61. The molecule has 0 spiro atoms. The molecule has 94 valence electrons. The monoisotopic (exact) mass is 257 g/mol. The summed E-state index contributed by atoms with van der Waals surface area (Å²) < 4.78 is 0. The third-order valence-corrected chi connectivity index (χ3v) is 2.67. The number of hydrogen-bond acceptors (Lipinski definition) is 4. The molecule has 4 N–H and O–H groups in total. The van der Waals surface area contributed by atoms with Crippen molar-refractivity contribution in [1.82, 2.24) is 0 Å². The van der Waals surface area contributed by atoms with Crippen LogP contribution in [0.15, 0.2) is 23.4 Å². The molecule has 0 aliphatic heterocycles. The van der Waals surface area contributed by atoms with E-state index in [4.69, 9.17) is 27.6 Å². The molecule has 1 aromatic carbocycles. The summed E-state index contributed by atoms with van der Waals surface area (Å²) in [5, 5.41) is 21.2. The Labute approximate surface area is 105 Å². The van der Waals surface area contributed by atoms with E-state index in [1.54, 1.807) is 18.2 Å². The van der Waals surface area contributed by atoms with Gasteiger partial charge in [-0.2, -0.15) is 0 Å². The predicted octanol–water partition coefficient (Wildman–Crippen LogP) is 1.25. The summed E-state index contributed by atoms with van der Waals surface area (Å²) in [6.07, 6.45) is 0. The number of benzene rings is 1. The van der Waals surface area contributed by atoms with Crippen LogP contribution >= 0.6 is 11.6 Å². The van der Waals surface area contributed by atoms with E-state index >= 15 is 0 Å². The lowest BCUT2D eigenvalue weighted by atomic mass is 10.1. The van der Waals surface area contributed by atoms with Crippen LogP contribution in [0, 0.1) is 0 Å². The van der Waals surface area contributed by atoms with Gasteiger partial charge in [0.05, 0.1) is 6.61 Å². The highest BCUT2D eigenvalue weighted by Crippen LogP contribution is 2.24. The minimum absolute atomic E-state index is 0.00103. The van der Waals surface area contributed by atoms with Crippen LogP contribution in [0.4, 0.5) is 5.69 Å². The molecule has 0 saturated carbocycles. The summed E-state index contributed by atoms with van der Waals surface area (Å²) in [4.78, 5) is 1.92. The highest BCUT2D eigenvalue weighted by atomic mass is 35.5. The van der Waals surface area contributed by atoms with E-state index in [-0.39, 0.29) is 12.4 Å². The van der Waals surface area contributed by atoms with Gasteiger partial charge in [-0.3, -0.25) is 0 Å². The number of rotatable bonds is 5. The van der Waals surface area contributed by atoms with Crippen LogP contribution in [0.1, 0.15) is 12.5 Å². The Bertz CT molecular complexity index is 410. The Morgan fingerprint density at radius 3 is 2.76 bits per heavy atom. The summed E-state index contributed by atoms with van der Waals surface area (Å²) in [6.45, 7) is 3.17. The van der Waals surface area contributed by atoms with Crippen molar-refractivity contribution in [3.8, 4) is 0 Å². The molecule has 0 unspecified atom stereocenters. The van der Waals surface area contributed by atoms with Crippen LogP contribution < -0.4 is 10.6 Å². The van der Waals surface area contributed by atoms with Crippen molar-refractivity contribution in [3.05, 3.63) is 28.8 Å². The van der Waals surface area contributed by atoms with Gasteiger partial charge in [0.15, 0.2) is 5.84 Å². The summed E-state index contributed by atoms with van der Waals surface area (Å²) in [6, 6.07) is 5.14. The van der Waals surface area contributed by atoms with Crippen LogP contribution in [0.25, 0.3) is 0 Å². The zero-order valence-corrected chi connectivity index (χ0v) is 10.4. The van der Waals surface area contributed by atoms with E-state index in [9.17, 15) is 0 Å². The zero-order chi connectivity index (χ0) is 12.8. The van der Waals surface area contributed by atoms with Crippen molar-refractivity contribution < 1.29 is 10.3 Å². The predicted molar refractivity (Wildman–Crippen MR) is 68.9 cm³/mol. The highest BCUT2D eigenvalue weighted by Gasteiger charge is 2.13. The molecular weight excluding hydrogens is 242 g/mol. The average molecular weight is 258 g/mol. The van der Waals surface area contributed by atoms with Crippen LogP contribution in [-0.2, 0) is 0 Å². The standard InChI is InChI=1S/C11H16ClN3O2/c1-2-15(5-6-16)10-4-3-8(12)7-9(10)11(13)14-17/h3-4,7,16-17H,2,5-6H2,1H3,(H2,13,14). The highest BCUT2D eigenvalue weighted by molar-refractivity contribution is 6.31. The van der Waals surface area contributed by atoms with Gasteiger partial charge in [-0.25, -0.2) is 0 Å². The van der Waals surface area contributed by atoms with Crippen molar-refractivity contribution in [2.75, 3.05) is 24.6 Å². The molecule has 0 saturated heterocycles. The van der Waals surface area contributed by atoms with Crippen molar-refractivity contribution in [3.63, 3.8) is 0 Å². The molecule has 0 atom stereocenters. The number of anilines is 1. The first kappa shape index (κ1) is 13.6. The average Bonchev–Trinajstić information content (AvgIpc) is 2.35. The molecule has 0 aliphatic rings. The van der Waals surface area contributed by atoms with Crippen molar-refractivity contribution >= 4 is 23.1 Å². The summed E-state index contributed by atoms with van der Waals surface area (Å²) >= 11 is 5.88. The second-order valence-corrected chi connectivity index (χ2v) is 3.89. The van der Waals surface area contributed by atoms with Crippen LogP contribution in [0.2, 0.25) is 5.02 Å². The third-order valence-electron chi connectivity index (χ3n) is 2.43. The lowest BCUT2D eigenvalue weighted by Gasteiger charge is -2.24.